The van der Waals surface area contributed by atoms with Crippen LogP contribution in [-0.4, -0.2) is 12.4 Å². The molecule has 1 aliphatic carbocycles. The largest absolute Gasteiger partial charge is 0.493 e. The van der Waals surface area contributed by atoms with Crippen LogP contribution in [0.25, 0.3) is 0 Å². The molecule has 0 spiro atoms. The van der Waals surface area contributed by atoms with Gasteiger partial charge in [-0.15, -0.1) is 0 Å². The highest BCUT2D eigenvalue weighted by atomic mass is 79.9. The van der Waals surface area contributed by atoms with Crippen molar-refractivity contribution >= 4 is 21.7 Å². The fraction of sp³-hybridized carbons (Fsp3) is 0.462. The predicted octanol–water partition coefficient (Wildman–Crippen LogP) is 3.25. The van der Waals surface area contributed by atoms with E-state index in [0.29, 0.717) is 6.42 Å². The smallest absolute Gasteiger partial charge is 0.165 e. The molecule has 1 heterocycles. The third kappa shape index (κ3) is 1.21. The molecule has 16 heavy (non-hydrogen) atoms. The van der Waals surface area contributed by atoms with Crippen LogP contribution in [0.4, 0.5) is 0 Å². The molecule has 3 heteroatoms. The number of Topliss-reactive ketones (excluding diaryl/α,β-unsaturated/α-hetero) is 1. The van der Waals surface area contributed by atoms with Crippen LogP contribution in [-0.2, 0) is 11.8 Å². The molecular formula is C13H13BrO2. The summed E-state index contributed by atoms with van der Waals surface area (Å²) in [6.45, 7) is 4.97. The topological polar surface area (TPSA) is 26.3 Å². The summed E-state index contributed by atoms with van der Waals surface area (Å²) < 4.78 is 6.64. The minimum absolute atomic E-state index is 0.0926. The average molecular weight is 281 g/mol. The highest BCUT2D eigenvalue weighted by Crippen LogP contribution is 2.49. The van der Waals surface area contributed by atoms with Crippen LogP contribution in [0.2, 0.25) is 0 Å². The Kier molecular flexibility index (Phi) is 2.00. The van der Waals surface area contributed by atoms with E-state index in [0.717, 1.165) is 34.4 Å². The van der Waals surface area contributed by atoms with E-state index in [1.807, 2.05) is 6.07 Å². The van der Waals surface area contributed by atoms with Crippen molar-refractivity contribution < 1.29 is 9.53 Å². The van der Waals surface area contributed by atoms with Gasteiger partial charge in [-0.05, 0) is 11.6 Å². The standard InChI is InChI=1S/C13H13BrO2/c1-13(2)6-9(15)10-8(14)5-7-3-4-16-12(7)11(10)13/h5H,3-4,6H2,1-2H3. The summed E-state index contributed by atoms with van der Waals surface area (Å²) in [7, 11) is 0. The first-order valence-corrected chi connectivity index (χ1v) is 6.32. The Labute approximate surface area is 103 Å². The van der Waals surface area contributed by atoms with Gasteiger partial charge in [-0.2, -0.15) is 0 Å². The number of halogens is 1. The second-order valence-electron chi connectivity index (χ2n) is 5.18. The van der Waals surface area contributed by atoms with Gasteiger partial charge in [0.15, 0.2) is 5.78 Å². The van der Waals surface area contributed by atoms with E-state index in [1.54, 1.807) is 0 Å². The first-order valence-electron chi connectivity index (χ1n) is 5.52. The van der Waals surface area contributed by atoms with Crippen LogP contribution in [0.3, 0.4) is 0 Å². The number of ketones is 1. The molecule has 0 saturated carbocycles. The number of rotatable bonds is 0. The number of hydrogen-bond donors (Lipinski definition) is 0. The van der Waals surface area contributed by atoms with E-state index >= 15 is 0 Å². The Morgan fingerprint density at radius 1 is 1.44 bits per heavy atom. The third-order valence-corrected chi connectivity index (χ3v) is 4.11. The quantitative estimate of drug-likeness (QED) is 0.729. The first kappa shape index (κ1) is 10.3. The molecule has 1 aromatic rings. The summed E-state index contributed by atoms with van der Waals surface area (Å²) in [5, 5.41) is 0. The molecule has 0 unspecified atom stereocenters. The van der Waals surface area contributed by atoms with Crippen LogP contribution in [0.1, 0.15) is 41.8 Å². The highest BCUT2D eigenvalue weighted by molar-refractivity contribution is 9.10. The Morgan fingerprint density at radius 2 is 2.19 bits per heavy atom. The molecule has 0 radical (unpaired) electrons. The molecule has 2 aliphatic rings. The van der Waals surface area contributed by atoms with Crippen LogP contribution < -0.4 is 4.74 Å². The monoisotopic (exact) mass is 280 g/mol. The maximum absolute atomic E-state index is 12.0. The maximum atomic E-state index is 12.0. The minimum Gasteiger partial charge on any atom is -0.493 e. The second-order valence-corrected chi connectivity index (χ2v) is 6.03. The van der Waals surface area contributed by atoms with E-state index in [1.165, 1.54) is 5.56 Å². The van der Waals surface area contributed by atoms with Gasteiger partial charge in [-0.3, -0.25) is 4.79 Å². The Morgan fingerprint density at radius 3 is 2.94 bits per heavy atom. The lowest BCUT2D eigenvalue weighted by atomic mass is 9.85. The number of ether oxygens (including phenoxy) is 1. The number of hydrogen-bond acceptors (Lipinski definition) is 2. The second kappa shape index (κ2) is 3.10. The van der Waals surface area contributed by atoms with E-state index in [4.69, 9.17) is 4.74 Å². The van der Waals surface area contributed by atoms with Crippen LogP contribution in [0.15, 0.2) is 10.5 Å². The van der Waals surface area contributed by atoms with Crippen molar-refractivity contribution in [2.75, 3.05) is 6.61 Å². The van der Waals surface area contributed by atoms with Crippen molar-refractivity contribution in [3.05, 3.63) is 27.2 Å². The number of carbonyl (C=O) groups is 1. The summed E-state index contributed by atoms with van der Waals surface area (Å²) in [5.74, 6) is 1.19. The van der Waals surface area contributed by atoms with E-state index in [-0.39, 0.29) is 11.2 Å². The van der Waals surface area contributed by atoms with E-state index in [2.05, 4.69) is 29.8 Å². The Balaban J connectivity index is 2.37. The van der Waals surface area contributed by atoms with Gasteiger partial charge in [-0.1, -0.05) is 29.8 Å². The van der Waals surface area contributed by atoms with Crippen LogP contribution >= 0.6 is 15.9 Å². The molecule has 0 aromatic heterocycles. The molecule has 2 nitrogen and oxygen atoms in total. The summed E-state index contributed by atoms with van der Waals surface area (Å²) in [6.07, 6.45) is 1.53. The lowest BCUT2D eigenvalue weighted by Gasteiger charge is -2.20. The molecule has 0 fully saturated rings. The van der Waals surface area contributed by atoms with Gasteiger partial charge in [0, 0.05) is 33.9 Å². The number of fused-ring (bicyclic) bond motifs is 3. The van der Waals surface area contributed by atoms with Crippen molar-refractivity contribution in [2.45, 2.75) is 32.1 Å². The summed E-state index contributed by atoms with van der Waals surface area (Å²) in [6, 6.07) is 2.04. The van der Waals surface area contributed by atoms with Crippen molar-refractivity contribution in [1.29, 1.82) is 0 Å². The molecule has 0 amide bonds. The SMILES string of the molecule is CC1(C)CC(=O)c2c(Br)cc3c(c21)OCC3. The molecule has 0 N–H and O–H groups in total. The van der Waals surface area contributed by atoms with Crippen molar-refractivity contribution in [3.8, 4) is 5.75 Å². The molecule has 0 bridgehead atoms. The molecule has 1 aliphatic heterocycles. The van der Waals surface area contributed by atoms with Crippen molar-refractivity contribution in [3.63, 3.8) is 0 Å². The van der Waals surface area contributed by atoms with Crippen LogP contribution in [0.5, 0.6) is 5.75 Å². The highest BCUT2D eigenvalue weighted by Gasteiger charge is 2.41. The summed E-state index contributed by atoms with van der Waals surface area (Å²) in [5.41, 5.74) is 3.09. The molecule has 84 valence electrons. The fourth-order valence-electron chi connectivity index (χ4n) is 2.79. The molecule has 1 aromatic carbocycles. The Hall–Kier alpha value is -0.830. The first-order chi connectivity index (χ1) is 7.50. The fourth-order valence-corrected chi connectivity index (χ4v) is 3.49. The number of benzene rings is 1. The van der Waals surface area contributed by atoms with E-state index in [9.17, 15) is 4.79 Å². The predicted molar refractivity (Wildman–Crippen MR) is 65.3 cm³/mol. The van der Waals surface area contributed by atoms with Gasteiger partial charge < -0.3 is 4.74 Å². The average Bonchev–Trinajstić information content (AvgIpc) is 2.68. The minimum atomic E-state index is -0.0926. The molecule has 0 saturated heterocycles. The zero-order chi connectivity index (χ0) is 11.5. The van der Waals surface area contributed by atoms with Gasteiger partial charge >= 0.3 is 0 Å². The molecule has 3 rings (SSSR count). The van der Waals surface area contributed by atoms with Gasteiger partial charge in [0.2, 0.25) is 0 Å². The maximum Gasteiger partial charge on any atom is 0.165 e. The number of carbonyl (C=O) groups excluding carboxylic acids is 1. The zero-order valence-corrected chi connectivity index (χ0v) is 11.0. The normalized spacial score (nSPS) is 20.6. The van der Waals surface area contributed by atoms with Crippen molar-refractivity contribution in [2.24, 2.45) is 0 Å². The van der Waals surface area contributed by atoms with Crippen molar-refractivity contribution in [1.82, 2.24) is 0 Å². The molecule has 0 atom stereocenters. The third-order valence-electron chi connectivity index (χ3n) is 3.48. The van der Waals surface area contributed by atoms with Crippen LogP contribution in [0, 0.1) is 0 Å². The lowest BCUT2D eigenvalue weighted by Crippen LogP contribution is -2.13. The molecular weight excluding hydrogens is 268 g/mol. The van der Waals surface area contributed by atoms with Gasteiger partial charge in [0.05, 0.1) is 6.61 Å². The Bertz CT molecular complexity index is 503. The summed E-state index contributed by atoms with van der Waals surface area (Å²) >= 11 is 3.52. The zero-order valence-electron chi connectivity index (χ0n) is 9.39. The lowest BCUT2D eigenvalue weighted by molar-refractivity contribution is 0.0979. The van der Waals surface area contributed by atoms with Gasteiger partial charge in [0.1, 0.15) is 5.75 Å². The van der Waals surface area contributed by atoms with E-state index < -0.39 is 0 Å². The summed E-state index contributed by atoms with van der Waals surface area (Å²) in [4.78, 5) is 12.0. The van der Waals surface area contributed by atoms with Gasteiger partial charge in [0.25, 0.3) is 0 Å². The van der Waals surface area contributed by atoms with Gasteiger partial charge in [-0.25, -0.2) is 0 Å².